The molecule has 0 aliphatic rings. The first-order valence-corrected chi connectivity index (χ1v) is 5.40. The molecule has 0 amide bonds. The Balaban J connectivity index is 2.73. The lowest BCUT2D eigenvalue weighted by Gasteiger charge is -2.04. The third kappa shape index (κ3) is 4.06. The van der Waals surface area contributed by atoms with Gasteiger partial charge in [-0.2, -0.15) is 0 Å². The highest BCUT2D eigenvalue weighted by atomic mass is 19.1. The second-order valence-corrected chi connectivity index (χ2v) is 4.36. The second-order valence-electron chi connectivity index (χ2n) is 4.36. The van der Waals surface area contributed by atoms with E-state index >= 15 is 0 Å². The molecular weight excluding hydrogens is 226 g/mol. The summed E-state index contributed by atoms with van der Waals surface area (Å²) in [5, 5.41) is 0. The van der Waals surface area contributed by atoms with Gasteiger partial charge < -0.3 is 0 Å². The molecule has 17 heavy (non-hydrogen) atoms. The Morgan fingerprint density at radius 1 is 1.24 bits per heavy atom. The van der Waals surface area contributed by atoms with Gasteiger partial charge in [-0.1, -0.05) is 13.8 Å². The largest absolute Gasteiger partial charge is 0.299 e. The van der Waals surface area contributed by atoms with E-state index in [4.69, 9.17) is 0 Å². The average molecular weight is 240 g/mol. The number of ketones is 2. The molecule has 92 valence electrons. The summed E-state index contributed by atoms with van der Waals surface area (Å²) < 4.78 is 25.9. The van der Waals surface area contributed by atoms with E-state index in [0.717, 1.165) is 12.1 Å². The van der Waals surface area contributed by atoms with Crippen LogP contribution in [0.25, 0.3) is 0 Å². The quantitative estimate of drug-likeness (QED) is 0.585. The van der Waals surface area contributed by atoms with E-state index in [0.29, 0.717) is 6.07 Å². The highest BCUT2D eigenvalue weighted by Crippen LogP contribution is 2.13. The highest BCUT2D eigenvalue weighted by Gasteiger charge is 2.16. The van der Waals surface area contributed by atoms with Crippen molar-refractivity contribution < 1.29 is 18.4 Å². The monoisotopic (exact) mass is 240 g/mol. The van der Waals surface area contributed by atoms with E-state index in [9.17, 15) is 18.4 Å². The van der Waals surface area contributed by atoms with Crippen molar-refractivity contribution in [2.75, 3.05) is 0 Å². The molecule has 0 unspecified atom stereocenters. The molecule has 1 aromatic carbocycles. The molecule has 0 aliphatic heterocycles. The first-order chi connectivity index (χ1) is 7.90. The second kappa shape index (κ2) is 5.66. The van der Waals surface area contributed by atoms with Gasteiger partial charge in [-0.25, -0.2) is 8.78 Å². The van der Waals surface area contributed by atoms with Crippen molar-refractivity contribution >= 4 is 11.6 Å². The lowest BCUT2D eigenvalue weighted by Crippen LogP contribution is -2.11. The molecule has 0 saturated heterocycles. The fraction of sp³-hybridized carbons (Fsp3) is 0.385. The minimum absolute atomic E-state index is 0.161. The van der Waals surface area contributed by atoms with E-state index in [-0.39, 0.29) is 30.1 Å². The highest BCUT2D eigenvalue weighted by molar-refractivity contribution is 6.08. The summed E-state index contributed by atoms with van der Waals surface area (Å²) in [5.74, 6) is -2.34. The summed E-state index contributed by atoms with van der Waals surface area (Å²) in [6.07, 6.45) is -0.0463. The molecule has 4 heteroatoms. The topological polar surface area (TPSA) is 34.1 Å². The number of benzene rings is 1. The Morgan fingerprint density at radius 2 is 1.88 bits per heavy atom. The number of Topliss-reactive ketones (excluding diaryl/α,β-unsaturated/α-hetero) is 2. The molecule has 0 saturated carbocycles. The maximum atomic E-state index is 13.2. The van der Waals surface area contributed by atoms with Crippen LogP contribution in [0.2, 0.25) is 0 Å². The molecule has 0 heterocycles. The van der Waals surface area contributed by atoms with Crippen LogP contribution >= 0.6 is 0 Å². The molecular formula is C13H14F2O2. The van der Waals surface area contributed by atoms with Crippen LogP contribution in [0.1, 0.15) is 37.0 Å². The number of hydrogen-bond donors (Lipinski definition) is 0. The van der Waals surface area contributed by atoms with Crippen LogP contribution in [0.4, 0.5) is 8.78 Å². The van der Waals surface area contributed by atoms with Crippen LogP contribution in [-0.2, 0) is 4.79 Å². The Labute approximate surface area is 98.6 Å². The van der Waals surface area contributed by atoms with Crippen LogP contribution in [0.15, 0.2) is 18.2 Å². The number of hydrogen-bond acceptors (Lipinski definition) is 2. The molecule has 0 bridgehead atoms. The summed E-state index contributed by atoms with van der Waals surface area (Å²) >= 11 is 0. The Kier molecular flexibility index (Phi) is 4.49. The average Bonchev–Trinajstić information content (AvgIpc) is 2.15. The molecule has 0 N–H and O–H groups in total. The Morgan fingerprint density at radius 3 is 2.41 bits per heavy atom. The maximum Gasteiger partial charge on any atom is 0.173 e. The van der Waals surface area contributed by atoms with Crippen LogP contribution in [-0.4, -0.2) is 11.6 Å². The van der Waals surface area contributed by atoms with Gasteiger partial charge in [0.25, 0.3) is 0 Å². The number of carbonyl (C=O) groups is 2. The fourth-order valence-electron chi connectivity index (χ4n) is 1.52. The van der Waals surface area contributed by atoms with Crippen LogP contribution in [0.3, 0.4) is 0 Å². The molecule has 0 atom stereocenters. The van der Waals surface area contributed by atoms with Crippen LogP contribution in [0, 0.1) is 17.6 Å². The van der Waals surface area contributed by atoms with Gasteiger partial charge in [-0.05, 0) is 18.1 Å². The predicted octanol–water partition coefficient (Wildman–Crippen LogP) is 3.15. The van der Waals surface area contributed by atoms with E-state index in [2.05, 4.69) is 0 Å². The van der Waals surface area contributed by atoms with Gasteiger partial charge in [0.15, 0.2) is 5.78 Å². The molecule has 0 radical (unpaired) electrons. The first-order valence-electron chi connectivity index (χ1n) is 5.40. The van der Waals surface area contributed by atoms with Crippen molar-refractivity contribution in [3.63, 3.8) is 0 Å². The van der Waals surface area contributed by atoms with Crippen molar-refractivity contribution in [2.24, 2.45) is 5.92 Å². The smallest absolute Gasteiger partial charge is 0.173 e. The Hall–Kier alpha value is -1.58. The molecule has 2 nitrogen and oxygen atoms in total. The van der Waals surface area contributed by atoms with Crippen molar-refractivity contribution in [1.29, 1.82) is 0 Å². The van der Waals surface area contributed by atoms with Crippen molar-refractivity contribution in [1.82, 2.24) is 0 Å². The minimum atomic E-state index is -0.924. The summed E-state index contributed by atoms with van der Waals surface area (Å²) in [7, 11) is 0. The molecule has 0 fully saturated rings. The van der Waals surface area contributed by atoms with E-state index in [1.54, 1.807) is 0 Å². The lowest BCUT2D eigenvalue weighted by molar-refractivity contribution is -0.118. The zero-order valence-electron chi connectivity index (χ0n) is 9.80. The van der Waals surface area contributed by atoms with E-state index < -0.39 is 17.4 Å². The number of halogens is 2. The number of rotatable bonds is 5. The molecule has 0 aliphatic carbocycles. The van der Waals surface area contributed by atoms with Gasteiger partial charge in [-0.15, -0.1) is 0 Å². The van der Waals surface area contributed by atoms with Gasteiger partial charge in [0.05, 0.1) is 12.0 Å². The normalized spacial score (nSPS) is 10.6. The van der Waals surface area contributed by atoms with E-state index in [1.165, 1.54) is 0 Å². The summed E-state index contributed by atoms with van der Waals surface area (Å²) in [5.41, 5.74) is -0.233. The van der Waals surface area contributed by atoms with Crippen molar-refractivity contribution in [3.8, 4) is 0 Å². The predicted molar refractivity (Wildman–Crippen MR) is 59.8 cm³/mol. The molecule has 0 spiro atoms. The molecule has 1 aromatic rings. The van der Waals surface area contributed by atoms with Gasteiger partial charge in [0.2, 0.25) is 0 Å². The zero-order valence-corrected chi connectivity index (χ0v) is 9.80. The first kappa shape index (κ1) is 13.5. The lowest BCUT2D eigenvalue weighted by atomic mass is 10.00. The SMILES string of the molecule is CC(C)CC(=O)CC(=O)c1ccc(F)cc1F. The fourth-order valence-corrected chi connectivity index (χ4v) is 1.52. The standard InChI is InChI=1S/C13H14F2O2/c1-8(2)5-10(16)7-13(17)11-4-3-9(14)6-12(11)15/h3-4,6,8H,5,7H2,1-2H3. The third-order valence-electron chi connectivity index (χ3n) is 2.23. The molecule has 1 rings (SSSR count). The molecule has 0 aromatic heterocycles. The van der Waals surface area contributed by atoms with Crippen LogP contribution in [0.5, 0.6) is 0 Å². The van der Waals surface area contributed by atoms with Crippen molar-refractivity contribution in [3.05, 3.63) is 35.4 Å². The van der Waals surface area contributed by atoms with Gasteiger partial charge in [0, 0.05) is 12.5 Å². The third-order valence-corrected chi connectivity index (χ3v) is 2.23. The van der Waals surface area contributed by atoms with Crippen molar-refractivity contribution in [2.45, 2.75) is 26.7 Å². The van der Waals surface area contributed by atoms with Gasteiger partial charge in [-0.3, -0.25) is 9.59 Å². The zero-order chi connectivity index (χ0) is 13.0. The summed E-state index contributed by atoms with van der Waals surface area (Å²) in [6.45, 7) is 3.72. The van der Waals surface area contributed by atoms with Crippen LogP contribution < -0.4 is 0 Å². The minimum Gasteiger partial charge on any atom is -0.299 e. The maximum absolute atomic E-state index is 13.2. The van der Waals surface area contributed by atoms with E-state index in [1.807, 2.05) is 13.8 Å². The van der Waals surface area contributed by atoms with Gasteiger partial charge in [0.1, 0.15) is 17.4 Å². The van der Waals surface area contributed by atoms with Gasteiger partial charge >= 0.3 is 0 Å². The Bertz CT molecular complexity index is 439. The summed E-state index contributed by atoms with van der Waals surface area (Å²) in [4.78, 5) is 23.0. The number of carbonyl (C=O) groups excluding carboxylic acids is 2. The summed E-state index contributed by atoms with van der Waals surface area (Å²) in [6, 6.07) is 2.71.